The largest absolute Gasteiger partial charge is 0.314 e. The number of allylic oxidation sites excluding steroid dienone is 1. The molecule has 1 N–H and O–H groups in total. The average molecular weight is 257 g/mol. The van der Waals surface area contributed by atoms with Gasteiger partial charge in [0, 0.05) is 18.5 Å². The third-order valence-corrected chi connectivity index (χ3v) is 3.36. The summed E-state index contributed by atoms with van der Waals surface area (Å²) in [6.45, 7) is 5.58. The lowest BCUT2D eigenvalue weighted by Gasteiger charge is -2.02. The number of hydrogen-bond acceptors (Lipinski definition) is 2. The van der Waals surface area contributed by atoms with E-state index in [2.05, 4.69) is 40.8 Å². The third-order valence-electron chi connectivity index (χ3n) is 3.36. The van der Waals surface area contributed by atoms with E-state index in [-0.39, 0.29) is 0 Å². The van der Waals surface area contributed by atoms with Crippen LogP contribution in [0.2, 0.25) is 0 Å². The van der Waals surface area contributed by atoms with Crippen molar-refractivity contribution in [1.82, 2.24) is 15.1 Å². The Morgan fingerprint density at radius 2 is 2.11 bits per heavy atom. The first-order valence-electron chi connectivity index (χ1n) is 7.06. The molecular weight excluding hydrogens is 234 g/mol. The molecule has 0 saturated carbocycles. The molecule has 0 aliphatic heterocycles. The molecule has 2 aromatic rings. The predicted molar refractivity (Wildman–Crippen MR) is 81.2 cm³/mol. The van der Waals surface area contributed by atoms with Crippen LogP contribution in [-0.2, 0) is 13.1 Å². The highest BCUT2D eigenvalue weighted by atomic mass is 15.3. The summed E-state index contributed by atoms with van der Waals surface area (Å²) in [6.07, 6.45) is 6.76. The Kier molecular flexibility index (Phi) is 5.16. The van der Waals surface area contributed by atoms with E-state index in [1.54, 1.807) is 0 Å². The van der Waals surface area contributed by atoms with Crippen LogP contribution in [0.1, 0.15) is 31.4 Å². The third kappa shape index (κ3) is 3.44. The molecule has 0 aliphatic carbocycles. The number of aryl methyl sites for hydroxylation is 1. The number of rotatable bonds is 8. The first kappa shape index (κ1) is 13.8. The number of unbranched alkanes of at least 4 members (excludes halogenated alkanes) is 3. The monoisotopic (exact) mass is 257 g/mol. The highest BCUT2D eigenvalue weighted by Gasteiger charge is 2.08. The summed E-state index contributed by atoms with van der Waals surface area (Å²) < 4.78 is 2.15. The van der Waals surface area contributed by atoms with Gasteiger partial charge in [0.1, 0.15) is 0 Å². The SMILES string of the molecule is C=CCCCCCn1nc(CNC)c2ccccc21. The molecule has 0 amide bonds. The van der Waals surface area contributed by atoms with Crippen molar-refractivity contribution in [2.75, 3.05) is 7.05 Å². The number of hydrogen-bond donors (Lipinski definition) is 1. The lowest BCUT2D eigenvalue weighted by Crippen LogP contribution is -2.07. The van der Waals surface area contributed by atoms with Crippen molar-refractivity contribution in [3.8, 4) is 0 Å². The highest BCUT2D eigenvalue weighted by Crippen LogP contribution is 2.19. The maximum absolute atomic E-state index is 4.73. The van der Waals surface area contributed by atoms with Crippen LogP contribution in [0.25, 0.3) is 10.9 Å². The van der Waals surface area contributed by atoms with E-state index in [0.717, 1.165) is 25.2 Å². The minimum absolute atomic E-state index is 0.823. The van der Waals surface area contributed by atoms with Crippen molar-refractivity contribution in [2.45, 2.75) is 38.8 Å². The van der Waals surface area contributed by atoms with Gasteiger partial charge in [-0.1, -0.05) is 30.7 Å². The number of nitrogens with zero attached hydrogens (tertiary/aromatic N) is 2. The molecule has 2 rings (SSSR count). The second kappa shape index (κ2) is 7.10. The lowest BCUT2D eigenvalue weighted by molar-refractivity contribution is 0.552. The summed E-state index contributed by atoms with van der Waals surface area (Å²) in [5.74, 6) is 0. The van der Waals surface area contributed by atoms with E-state index in [4.69, 9.17) is 5.10 Å². The van der Waals surface area contributed by atoms with E-state index in [9.17, 15) is 0 Å². The van der Waals surface area contributed by atoms with Gasteiger partial charge >= 0.3 is 0 Å². The zero-order chi connectivity index (χ0) is 13.5. The van der Waals surface area contributed by atoms with Crippen LogP contribution in [-0.4, -0.2) is 16.8 Å². The van der Waals surface area contributed by atoms with Gasteiger partial charge in [-0.15, -0.1) is 6.58 Å². The molecule has 3 nitrogen and oxygen atoms in total. The predicted octanol–water partition coefficient (Wildman–Crippen LogP) is 3.50. The molecule has 1 aromatic carbocycles. The van der Waals surface area contributed by atoms with Crippen molar-refractivity contribution in [2.24, 2.45) is 0 Å². The molecule has 102 valence electrons. The van der Waals surface area contributed by atoms with Gasteiger partial charge < -0.3 is 5.32 Å². The summed E-state index contributed by atoms with van der Waals surface area (Å²) in [7, 11) is 1.96. The van der Waals surface area contributed by atoms with Crippen LogP contribution in [0.3, 0.4) is 0 Å². The molecule has 0 saturated heterocycles. The number of para-hydroxylation sites is 1. The molecule has 0 radical (unpaired) electrons. The first-order chi connectivity index (χ1) is 9.36. The summed E-state index contributed by atoms with van der Waals surface area (Å²) >= 11 is 0. The fraction of sp³-hybridized carbons (Fsp3) is 0.438. The molecule has 0 atom stereocenters. The van der Waals surface area contributed by atoms with E-state index >= 15 is 0 Å². The van der Waals surface area contributed by atoms with Gasteiger partial charge in [-0.3, -0.25) is 4.68 Å². The van der Waals surface area contributed by atoms with Gasteiger partial charge in [-0.05, 0) is 32.4 Å². The maximum Gasteiger partial charge on any atom is 0.0841 e. The van der Waals surface area contributed by atoms with Crippen LogP contribution < -0.4 is 5.32 Å². The molecule has 0 aliphatic rings. The van der Waals surface area contributed by atoms with Crippen LogP contribution in [0.5, 0.6) is 0 Å². The lowest BCUT2D eigenvalue weighted by atomic mass is 10.2. The molecule has 0 unspecified atom stereocenters. The average Bonchev–Trinajstić information content (AvgIpc) is 2.78. The number of fused-ring (bicyclic) bond motifs is 1. The smallest absolute Gasteiger partial charge is 0.0841 e. The summed E-state index contributed by atoms with van der Waals surface area (Å²) in [5.41, 5.74) is 2.39. The van der Waals surface area contributed by atoms with E-state index in [1.807, 2.05) is 13.1 Å². The fourth-order valence-corrected chi connectivity index (χ4v) is 2.39. The van der Waals surface area contributed by atoms with Crippen molar-refractivity contribution in [3.63, 3.8) is 0 Å². The Hall–Kier alpha value is -1.61. The standard InChI is InChI=1S/C16H23N3/c1-3-4-5-6-9-12-19-16-11-8-7-10-14(16)15(18-19)13-17-2/h3,7-8,10-11,17H,1,4-6,9,12-13H2,2H3. The topological polar surface area (TPSA) is 29.9 Å². The zero-order valence-corrected chi connectivity index (χ0v) is 11.7. The van der Waals surface area contributed by atoms with Gasteiger partial charge in [0.25, 0.3) is 0 Å². The molecule has 3 heteroatoms. The molecule has 19 heavy (non-hydrogen) atoms. The Bertz CT molecular complexity index is 528. The molecular formula is C16H23N3. The first-order valence-corrected chi connectivity index (χ1v) is 7.06. The van der Waals surface area contributed by atoms with Crippen LogP contribution in [0.15, 0.2) is 36.9 Å². The molecule has 0 spiro atoms. The Labute approximate surface area is 115 Å². The summed E-state index contributed by atoms with van der Waals surface area (Å²) in [4.78, 5) is 0. The normalized spacial score (nSPS) is 11.0. The molecule has 0 fully saturated rings. The highest BCUT2D eigenvalue weighted by molar-refractivity contribution is 5.81. The van der Waals surface area contributed by atoms with Crippen molar-refractivity contribution >= 4 is 10.9 Å². The maximum atomic E-state index is 4.73. The van der Waals surface area contributed by atoms with Crippen molar-refractivity contribution in [1.29, 1.82) is 0 Å². The molecule has 0 bridgehead atoms. The van der Waals surface area contributed by atoms with Gasteiger partial charge in [0.15, 0.2) is 0 Å². The van der Waals surface area contributed by atoms with E-state index < -0.39 is 0 Å². The summed E-state index contributed by atoms with van der Waals surface area (Å²) in [6, 6.07) is 8.48. The van der Waals surface area contributed by atoms with Crippen LogP contribution >= 0.6 is 0 Å². The Balaban J connectivity index is 2.07. The number of nitrogens with one attached hydrogen (secondary N) is 1. The Morgan fingerprint density at radius 1 is 1.26 bits per heavy atom. The second-order valence-electron chi connectivity index (χ2n) is 4.86. The van der Waals surface area contributed by atoms with Crippen LogP contribution in [0, 0.1) is 0 Å². The quantitative estimate of drug-likeness (QED) is 0.579. The van der Waals surface area contributed by atoms with E-state index in [1.165, 1.54) is 30.2 Å². The van der Waals surface area contributed by atoms with Gasteiger partial charge in [0.05, 0.1) is 11.2 Å². The van der Waals surface area contributed by atoms with Crippen LogP contribution in [0.4, 0.5) is 0 Å². The molecule has 1 aromatic heterocycles. The van der Waals surface area contributed by atoms with Crippen molar-refractivity contribution < 1.29 is 0 Å². The van der Waals surface area contributed by atoms with Gasteiger partial charge in [0.2, 0.25) is 0 Å². The van der Waals surface area contributed by atoms with Gasteiger partial charge in [-0.25, -0.2) is 0 Å². The number of benzene rings is 1. The second-order valence-corrected chi connectivity index (χ2v) is 4.86. The fourth-order valence-electron chi connectivity index (χ4n) is 2.39. The minimum Gasteiger partial charge on any atom is -0.314 e. The van der Waals surface area contributed by atoms with E-state index in [0.29, 0.717) is 0 Å². The minimum atomic E-state index is 0.823. The van der Waals surface area contributed by atoms with Gasteiger partial charge in [-0.2, -0.15) is 5.10 Å². The number of aromatic nitrogens is 2. The Morgan fingerprint density at radius 3 is 2.89 bits per heavy atom. The van der Waals surface area contributed by atoms with Crippen molar-refractivity contribution in [3.05, 3.63) is 42.6 Å². The summed E-state index contributed by atoms with van der Waals surface area (Å²) in [5, 5.41) is 9.18. The molecule has 1 heterocycles. The zero-order valence-electron chi connectivity index (χ0n) is 11.7.